The quantitative estimate of drug-likeness (QED) is 0.396. The maximum atomic E-state index is 5.95. The van der Waals surface area contributed by atoms with Crippen LogP contribution in [0, 0.1) is 0 Å². The average Bonchev–Trinajstić information content (AvgIpc) is 3.13. The van der Waals surface area contributed by atoms with E-state index in [2.05, 4.69) is 19.1 Å². The first-order chi connectivity index (χ1) is 12.4. The highest BCUT2D eigenvalue weighted by atomic mass is 16.7. The standard InChI is InChI=1S/C22H36O3/c1-2-3-4-5-6-7-8-12-17-23-18-13-16-22(24-19-20-25-22)21-14-10-9-11-15-21/h9-11,14-15H,2-8,12-13,16-20H2,1H3. The van der Waals surface area contributed by atoms with Crippen LogP contribution < -0.4 is 0 Å². The maximum Gasteiger partial charge on any atom is 0.195 e. The summed E-state index contributed by atoms with van der Waals surface area (Å²) >= 11 is 0. The molecule has 0 atom stereocenters. The van der Waals surface area contributed by atoms with E-state index in [4.69, 9.17) is 14.2 Å². The van der Waals surface area contributed by atoms with Crippen molar-refractivity contribution in [2.75, 3.05) is 26.4 Å². The summed E-state index contributed by atoms with van der Waals surface area (Å²) < 4.78 is 17.7. The highest BCUT2D eigenvalue weighted by molar-refractivity contribution is 5.20. The molecule has 0 spiro atoms. The molecule has 0 N–H and O–H groups in total. The Kier molecular flexibility index (Phi) is 10.2. The van der Waals surface area contributed by atoms with E-state index in [0.717, 1.165) is 31.6 Å². The zero-order valence-electron chi connectivity index (χ0n) is 16.0. The van der Waals surface area contributed by atoms with Gasteiger partial charge in [0.1, 0.15) is 0 Å². The van der Waals surface area contributed by atoms with Gasteiger partial charge < -0.3 is 14.2 Å². The third-order valence-corrected chi connectivity index (χ3v) is 4.90. The number of hydrogen-bond acceptors (Lipinski definition) is 3. The van der Waals surface area contributed by atoms with Gasteiger partial charge in [-0.1, -0.05) is 82.2 Å². The van der Waals surface area contributed by atoms with E-state index in [-0.39, 0.29) is 0 Å². The number of ether oxygens (including phenoxy) is 3. The van der Waals surface area contributed by atoms with Crippen LogP contribution in [0.3, 0.4) is 0 Å². The first kappa shape index (κ1) is 20.4. The molecule has 1 aliphatic rings. The lowest BCUT2D eigenvalue weighted by atomic mass is 10.0. The van der Waals surface area contributed by atoms with Crippen molar-refractivity contribution in [2.24, 2.45) is 0 Å². The zero-order valence-corrected chi connectivity index (χ0v) is 16.0. The molecule has 1 saturated heterocycles. The minimum absolute atomic E-state index is 0.552. The van der Waals surface area contributed by atoms with Gasteiger partial charge in [-0.05, 0) is 12.8 Å². The largest absolute Gasteiger partial charge is 0.381 e. The van der Waals surface area contributed by atoms with E-state index in [1.165, 1.54) is 51.4 Å². The molecule has 1 heterocycles. The second-order valence-corrected chi connectivity index (χ2v) is 7.01. The molecule has 0 unspecified atom stereocenters. The van der Waals surface area contributed by atoms with Gasteiger partial charge >= 0.3 is 0 Å². The summed E-state index contributed by atoms with van der Waals surface area (Å²) in [5, 5.41) is 0. The third kappa shape index (κ3) is 7.47. The van der Waals surface area contributed by atoms with Gasteiger partial charge in [0.2, 0.25) is 0 Å². The predicted octanol–water partition coefficient (Wildman–Crippen LogP) is 5.82. The van der Waals surface area contributed by atoms with Crippen LogP contribution in [0.2, 0.25) is 0 Å². The molecule has 0 radical (unpaired) electrons. The molecule has 2 rings (SSSR count). The van der Waals surface area contributed by atoms with E-state index in [1.54, 1.807) is 0 Å². The molecule has 1 aliphatic heterocycles. The lowest BCUT2D eigenvalue weighted by Crippen LogP contribution is -2.27. The van der Waals surface area contributed by atoms with Crippen LogP contribution in [0.4, 0.5) is 0 Å². The summed E-state index contributed by atoms with van der Waals surface area (Å²) in [5.41, 5.74) is 1.12. The highest BCUT2D eigenvalue weighted by Gasteiger charge is 2.37. The number of unbranched alkanes of at least 4 members (excludes halogenated alkanes) is 7. The minimum atomic E-state index is -0.552. The van der Waals surface area contributed by atoms with Crippen LogP contribution in [0.1, 0.15) is 76.7 Å². The molecule has 142 valence electrons. The van der Waals surface area contributed by atoms with Crippen molar-refractivity contribution in [3.05, 3.63) is 35.9 Å². The van der Waals surface area contributed by atoms with E-state index >= 15 is 0 Å². The average molecular weight is 349 g/mol. The lowest BCUT2D eigenvalue weighted by molar-refractivity contribution is -0.173. The van der Waals surface area contributed by atoms with Crippen LogP contribution in [0.25, 0.3) is 0 Å². The first-order valence-corrected chi connectivity index (χ1v) is 10.3. The normalized spacial score (nSPS) is 16.4. The molecular formula is C22H36O3. The Balaban J connectivity index is 1.51. The Bertz CT molecular complexity index is 426. The molecule has 25 heavy (non-hydrogen) atoms. The topological polar surface area (TPSA) is 27.7 Å². The summed E-state index contributed by atoms with van der Waals surface area (Å²) in [6.45, 7) is 5.29. The molecule has 0 amide bonds. The molecule has 3 heteroatoms. The summed E-state index contributed by atoms with van der Waals surface area (Å²) in [6.07, 6.45) is 12.6. The highest BCUT2D eigenvalue weighted by Crippen LogP contribution is 2.35. The summed E-state index contributed by atoms with van der Waals surface area (Å²) in [4.78, 5) is 0. The molecule has 0 saturated carbocycles. The Morgan fingerprint density at radius 1 is 0.800 bits per heavy atom. The van der Waals surface area contributed by atoms with E-state index in [1.807, 2.05) is 18.2 Å². The second-order valence-electron chi connectivity index (χ2n) is 7.01. The van der Waals surface area contributed by atoms with Gasteiger partial charge in [0.15, 0.2) is 5.79 Å². The molecule has 1 aromatic carbocycles. The van der Waals surface area contributed by atoms with E-state index in [0.29, 0.717) is 13.2 Å². The monoisotopic (exact) mass is 348 g/mol. The molecule has 3 nitrogen and oxygen atoms in total. The molecule has 1 aromatic rings. The predicted molar refractivity (Wildman–Crippen MR) is 103 cm³/mol. The summed E-state index contributed by atoms with van der Waals surface area (Å²) in [5.74, 6) is -0.552. The van der Waals surface area contributed by atoms with Crippen molar-refractivity contribution >= 4 is 0 Å². The SMILES string of the molecule is CCCCCCCCCCOCCCC1(c2ccccc2)OCCO1. The minimum Gasteiger partial charge on any atom is -0.381 e. The molecule has 1 fully saturated rings. The smallest absolute Gasteiger partial charge is 0.195 e. The fourth-order valence-corrected chi connectivity index (χ4v) is 3.45. The number of hydrogen-bond donors (Lipinski definition) is 0. The Morgan fingerprint density at radius 3 is 2.08 bits per heavy atom. The third-order valence-electron chi connectivity index (χ3n) is 4.90. The van der Waals surface area contributed by atoms with Crippen molar-refractivity contribution in [2.45, 2.75) is 76.9 Å². The van der Waals surface area contributed by atoms with Crippen LogP contribution in [-0.2, 0) is 20.0 Å². The van der Waals surface area contributed by atoms with Gasteiger partial charge in [0.05, 0.1) is 13.2 Å². The summed E-state index contributed by atoms with van der Waals surface area (Å²) in [6, 6.07) is 10.3. The van der Waals surface area contributed by atoms with Crippen LogP contribution >= 0.6 is 0 Å². The zero-order chi connectivity index (χ0) is 17.6. The van der Waals surface area contributed by atoms with Gasteiger partial charge in [0, 0.05) is 25.2 Å². The Hall–Kier alpha value is -0.900. The van der Waals surface area contributed by atoms with Gasteiger partial charge in [0.25, 0.3) is 0 Å². The number of rotatable bonds is 14. The van der Waals surface area contributed by atoms with Crippen molar-refractivity contribution in [1.82, 2.24) is 0 Å². The molecule has 0 bridgehead atoms. The van der Waals surface area contributed by atoms with E-state index in [9.17, 15) is 0 Å². The fraction of sp³-hybridized carbons (Fsp3) is 0.727. The van der Waals surface area contributed by atoms with Crippen LogP contribution in [0.15, 0.2) is 30.3 Å². The van der Waals surface area contributed by atoms with Gasteiger partial charge in [-0.15, -0.1) is 0 Å². The maximum absolute atomic E-state index is 5.95. The molecular weight excluding hydrogens is 312 g/mol. The van der Waals surface area contributed by atoms with Crippen LogP contribution in [-0.4, -0.2) is 26.4 Å². The summed E-state index contributed by atoms with van der Waals surface area (Å²) in [7, 11) is 0. The van der Waals surface area contributed by atoms with Gasteiger partial charge in [-0.25, -0.2) is 0 Å². The van der Waals surface area contributed by atoms with E-state index < -0.39 is 5.79 Å². The van der Waals surface area contributed by atoms with Crippen LogP contribution in [0.5, 0.6) is 0 Å². The fourth-order valence-electron chi connectivity index (χ4n) is 3.45. The van der Waals surface area contributed by atoms with Crippen molar-refractivity contribution in [3.8, 4) is 0 Å². The Morgan fingerprint density at radius 2 is 1.40 bits per heavy atom. The van der Waals surface area contributed by atoms with Gasteiger partial charge in [-0.2, -0.15) is 0 Å². The van der Waals surface area contributed by atoms with Gasteiger partial charge in [-0.3, -0.25) is 0 Å². The lowest BCUT2D eigenvalue weighted by Gasteiger charge is -2.27. The molecule has 0 aromatic heterocycles. The van der Waals surface area contributed by atoms with Crippen molar-refractivity contribution in [3.63, 3.8) is 0 Å². The second kappa shape index (κ2) is 12.5. The first-order valence-electron chi connectivity index (χ1n) is 10.3. The Labute approximate surface area is 154 Å². The number of benzene rings is 1. The van der Waals surface area contributed by atoms with Crippen molar-refractivity contribution < 1.29 is 14.2 Å². The van der Waals surface area contributed by atoms with Crippen molar-refractivity contribution in [1.29, 1.82) is 0 Å². The molecule has 0 aliphatic carbocycles.